The SMILES string of the molecule is CCC1(CC)c2cc(O)ccc2C[C@@H](OCCN)[C@@H]1N. The van der Waals surface area contributed by atoms with Crippen molar-refractivity contribution in [1.82, 2.24) is 0 Å². The first kappa shape index (κ1) is 15.3. The van der Waals surface area contributed by atoms with Crippen molar-refractivity contribution in [2.45, 2.75) is 50.7 Å². The fourth-order valence-electron chi connectivity index (χ4n) is 3.57. The van der Waals surface area contributed by atoms with Crippen molar-refractivity contribution in [2.24, 2.45) is 11.5 Å². The number of hydrogen-bond acceptors (Lipinski definition) is 4. The van der Waals surface area contributed by atoms with E-state index in [4.69, 9.17) is 16.2 Å². The Kier molecular flexibility index (Phi) is 4.68. The first-order valence-corrected chi connectivity index (χ1v) is 7.48. The lowest BCUT2D eigenvalue weighted by Crippen LogP contribution is -2.57. The van der Waals surface area contributed by atoms with Gasteiger partial charge >= 0.3 is 0 Å². The molecular weight excluding hydrogens is 252 g/mol. The van der Waals surface area contributed by atoms with Crippen LogP contribution in [0.15, 0.2) is 18.2 Å². The molecule has 5 N–H and O–H groups in total. The van der Waals surface area contributed by atoms with Gasteiger partial charge in [-0.1, -0.05) is 19.9 Å². The molecule has 0 aliphatic heterocycles. The maximum atomic E-state index is 9.82. The van der Waals surface area contributed by atoms with Crippen molar-refractivity contribution in [3.05, 3.63) is 29.3 Å². The number of phenolic OH excluding ortho intramolecular Hbond substituents is 1. The third-order valence-corrected chi connectivity index (χ3v) is 4.80. The molecule has 0 radical (unpaired) electrons. The molecule has 0 aromatic heterocycles. The largest absolute Gasteiger partial charge is 0.508 e. The lowest BCUT2D eigenvalue weighted by Gasteiger charge is -2.47. The van der Waals surface area contributed by atoms with Gasteiger partial charge in [-0.05, 0) is 36.1 Å². The van der Waals surface area contributed by atoms with E-state index in [0.29, 0.717) is 18.9 Å². The van der Waals surface area contributed by atoms with Gasteiger partial charge in [-0.25, -0.2) is 0 Å². The van der Waals surface area contributed by atoms with Crippen LogP contribution in [0.1, 0.15) is 37.8 Å². The number of hydrogen-bond donors (Lipinski definition) is 3. The van der Waals surface area contributed by atoms with Crippen LogP contribution in [0.25, 0.3) is 0 Å². The van der Waals surface area contributed by atoms with E-state index in [1.807, 2.05) is 12.1 Å². The molecule has 0 unspecified atom stereocenters. The highest BCUT2D eigenvalue weighted by molar-refractivity contribution is 5.44. The van der Waals surface area contributed by atoms with E-state index in [2.05, 4.69) is 13.8 Å². The smallest absolute Gasteiger partial charge is 0.115 e. The quantitative estimate of drug-likeness (QED) is 0.765. The topological polar surface area (TPSA) is 81.5 Å². The molecule has 1 aliphatic carbocycles. The summed E-state index contributed by atoms with van der Waals surface area (Å²) in [6.45, 7) is 5.36. The Morgan fingerprint density at radius 2 is 2.05 bits per heavy atom. The van der Waals surface area contributed by atoms with Crippen LogP contribution in [0.5, 0.6) is 5.75 Å². The molecule has 4 heteroatoms. The van der Waals surface area contributed by atoms with E-state index >= 15 is 0 Å². The van der Waals surface area contributed by atoms with Gasteiger partial charge in [0.2, 0.25) is 0 Å². The molecule has 2 rings (SSSR count). The molecule has 1 aliphatic rings. The molecule has 4 nitrogen and oxygen atoms in total. The van der Waals surface area contributed by atoms with Crippen LogP contribution in [0.2, 0.25) is 0 Å². The molecule has 0 fully saturated rings. The van der Waals surface area contributed by atoms with Crippen LogP contribution >= 0.6 is 0 Å². The fourth-order valence-corrected chi connectivity index (χ4v) is 3.57. The van der Waals surface area contributed by atoms with Gasteiger partial charge in [-0.3, -0.25) is 0 Å². The van der Waals surface area contributed by atoms with Gasteiger partial charge in [0.1, 0.15) is 5.75 Å². The van der Waals surface area contributed by atoms with Crippen LogP contribution in [0.4, 0.5) is 0 Å². The van der Waals surface area contributed by atoms with Crippen molar-refractivity contribution < 1.29 is 9.84 Å². The average Bonchev–Trinajstić information content (AvgIpc) is 2.46. The third kappa shape index (κ3) is 2.43. The van der Waals surface area contributed by atoms with Crippen molar-refractivity contribution >= 4 is 0 Å². The zero-order valence-electron chi connectivity index (χ0n) is 12.4. The van der Waals surface area contributed by atoms with Gasteiger partial charge in [0.15, 0.2) is 0 Å². The summed E-state index contributed by atoms with van der Waals surface area (Å²) in [5.74, 6) is 0.309. The number of fused-ring (bicyclic) bond motifs is 1. The van der Waals surface area contributed by atoms with Gasteiger partial charge in [0, 0.05) is 24.4 Å². The number of benzene rings is 1. The Balaban J connectivity index is 2.45. The molecular formula is C16H26N2O2. The second-order valence-electron chi connectivity index (χ2n) is 5.63. The predicted octanol–water partition coefficient (Wildman–Crippen LogP) is 1.68. The van der Waals surface area contributed by atoms with E-state index in [1.54, 1.807) is 6.07 Å². The monoisotopic (exact) mass is 278 g/mol. The van der Waals surface area contributed by atoms with Crippen molar-refractivity contribution in [3.8, 4) is 5.75 Å². The van der Waals surface area contributed by atoms with Crippen molar-refractivity contribution in [2.75, 3.05) is 13.2 Å². The normalized spacial score (nSPS) is 24.4. The van der Waals surface area contributed by atoms with Gasteiger partial charge in [0.05, 0.1) is 12.7 Å². The molecule has 1 aromatic rings. The Morgan fingerprint density at radius 1 is 1.35 bits per heavy atom. The number of phenols is 1. The maximum absolute atomic E-state index is 9.82. The van der Waals surface area contributed by atoms with Crippen molar-refractivity contribution in [1.29, 1.82) is 0 Å². The van der Waals surface area contributed by atoms with Crippen LogP contribution < -0.4 is 11.5 Å². The molecule has 1 aromatic carbocycles. The lowest BCUT2D eigenvalue weighted by atomic mass is 9.63. The molecule has 0 heterocycles. The van der Waals surface area contributed by atoms with Gasteiger partial charge in [-0.15, -0.1) is 0 Å². The highest BCUT2D eigenvalue weighted by Crippen LogP contribution is 2.43. The number of nitrogens with two attached hydrogens (primary N) is 2. The minimum atomic E-state index is -0.133. The van der Waals surface area contributed by atoms with Gasteiger partial charge in [0.25, 0.3) is 0 Å². The molecule has 2 atom stereocenters. The molecule has 0 saturated carbocycles. The second-order valence-corrected chi connectivity index (χ2v) is 5.63. The summed E-state index contributed by atoms with van der Waals surface area (Å²) in [5.41, 5.74) is 14.4. The predicted molar refractivity (Wildman–Crippen MR) is 80.8 cm³/mol. The Bertz CT molecular complexity index is 458. The summed E-state index contributed by atoms with van der Waals surface area (Å²) < 4.78 is 5.88. The van der Waals surface area contributed by atoms with Crippen LogP contribution in [-0.2, 0) is 16.6 Å². The van der Waals surface area contributed by atoms with Crippen LogP contribution in [-0.4, -0.2) is 30.4 Å². The van der Waals surface area contributed by atoms with E-state index in [1.165, 1.54) is 11.1 Å². The average molecular weight is 278 g/mol. The van der Waals surface area contributed by atoms with Gasteiger partial charge < -0.3 is 21.3 Å². The third-order valence-electron chi connectivity index (χ3n) is 4.80. The van der Waals surface area contributed by atoms with Crippen molar-refractivity contribution in [3.63, 3.8) is 0 Å². The Morgan fingerprint density at radius 3 is 2.65 bits per heavy atom. The van der Waals surface area contributed by atoms with E-state index in [-0.39, 0.29) is 17.6 Å². The first-order chi connectivity index (χ1) is 9.58. The summed E-state index contributed by atoms with van der Waals surface area (Å²) in [4.78, 5) is 0. The molecule has 112 valence electrons. The molecule has 20 heavy (non-hydrogen) atoms. The Labute approximate surface area is 121 Å². The zero-order chi connectivity index (χ0) is 14.8. The zero-order valence-corrected chi connectivity index (χ0v) is 12.4. The summed E-state index contributed by atoms with van der Waals surface area (Å²) >= 11 is 0. The number of aromatic hydroxyl groups is 1. The second kappa shape index (κ2) is 6.12. The van der Waals surface area contributed by atoms with E-state index < -0.39 is 0 Å². The number of rotatable bonds is 5. The summed E-state index contributed by atoms with van der Waals surface area (Å²) in [7, 11) is 0. The Hall–Kier alpha value is -1.10. The minimum absolute atomic E-state index is 0.00417. The highest BCUT2D eigenvalue weighted by Gasteiger charge is 2.45. The molecule has 0 bridgehead atoms. The number of ether oxygens (including phenoxy) is 1. The minimum Gasteiger partial charge on any atom is -0.508 e. The summed E-state index contributed by atoms with van der Waals surface area (Å²) in [6, 6.07) is 5.54. The van der Waals surface area contributed by atoms with Crippen LogP contribution in [0, 0.1) is 0 Å². The first-order valence-electron chi connectivity index (χ1n) is 7.48. The summed E-state index contributed by atoms with van der Waals surface area (Å²) in [5, 5.41) is 9.82. The van der Waals surface area contributed by atoms with Gasteiger partial charge in [-0.2, -0.15) is 0 Å². The molecule has 0 spiro atoms. The standard InChI is InChI=1S/C16H26N2O2/c1-3-16(4-2)13-10-12(19)6-5-11(13)9-14(15(16)18)20-8-7-17/h5-6,10,14-15,19H,3-4,7-9,17-18H2,1-2H3/t14-,15+/m1/s1. The molecule has 0 saturated heterocycles. The highest BCUT2D eigenvalue weighted by atomic mass is 16.5. The maximum Gasteiger partial charge on any atom is 0.115 e. The summed E-state index contributed by atoms with van der Waals surface area (Å²) in [6.07, 6.45) is 2.65. The lowest BCUT2D eigenvalue weighted by molar-refractivity contribution is 0.00903. The fraction of sp³-hybridized carbons (Fsp3) is 0.625. The van der Waals surface area contributed by atoms with E-state index in [0.717, 1.165) is 19.3 Å². The molecule has 0 amide bonds. The van der Waals surface area contributed by atoms with E-state index in [9.17, 15) is 5.11 Å². The van der Waals surface area contributed by atoms with Crippen LogP contribution in [0.3, 0.4) is 0 Å².